The number of aliphatic hydroxyl groups is 1. The lowest BCUT2D eigenvalue weighted by atomic mass is 9.60. The molecule has 0 amide bonds. The molecule has 33 heavy (non-hydrogen) atoms. The van der Waals surface area contributed by atoms with E-state index in [1.165, 1.54) is 18.9 Å². The Morgan fingerprint density at radius 2 is 1.64 bits per heavy atom. The third kappa shape index (κ3) is 4.64. The van der Waals surface area contributed by atoms with Crippen LogP contribution >= 0.6 is 0 Å². The fourth-order valence-electron chi connectivity index (χ4n) is 6.74. The SMILES string of the molecule is CC(C)CCC[C@@H](C)[C@H]1CC[C@H]2/C(=C/C=C3\CC(F)(F)C(F)(F)[C@@](O)(F)C3F)CCC[C@]12C. The van der Waals surface area contributed by atoms with E-state index in [0.717, 1.165) is 50.2 Å². The summed E-state index contributed by atoms with van der Waals surface area (Å²) < 4.78 is 83.3. The van der Waals surface area contributed by atoms with Crippen LogP contribution in [-0.4, -0.2) is 29.0 Å². The lowest BCUT2D eigenvalue weighted by Crippen LogP contribution is -2.65. The van der Waals surface area contributed by atoms with Crippen LogP contribution in [0.2, 0.25) is 0 Å². The van der Waals surface area contributed by atoms with Crippen molar-refractivity contribution in [2.24, 2.45) is 29.1 Å². The van der Waals surface area contributed by atoms with Crippen LogP contribution in [-0.2, 0) is 0 Å². The minimum absolute atomic E-state index is 0.0549. The molecule has 0 saturated heterocycles. The molecule has 0 heterocycles. The molecular weight excluding hydrogens is 442 g/mol. The van der Waals surface area contributed by atoms with Gasteiger partial charge in [0.2, 0.25) is 0 Å². The van der Waals surface area contributed by atoms with Gasteiger partial charge in [0.15, 0.2) is 6.17 Å². The number of halogens is 6. The Labute approximate surface area is 193 Å². The summed E-state index contributed by atoms with van der Waals surface area (Å²) in [5.74, 6) is -13.3. The molecule has 1 N–H and O–H groups in total. The normalized spacial score (nSPS) is 41.5. The first kappa shape index (κ1) is 26.6. The van der Waals surface area contributed by atoms with Crippen LogP contribution in [0.5, 0.6) is 0 Å². The van der Waals surface area contributed by atoms with E-state index in [1.54, 1.807) is 0 Å². The van der Waals surface area contributed by atoms with E-state index < -0.39 is 35.9 Å². The maximum Gasteiger partial charge on any atom is 0.370 e. The summed E-state index contributed by atoms with van der Waals surface area (Å²) in [5, 5.41) is 9.27. The molecule has 0 aromatic carbocycles. The highest BCUT2D eigenvalue weighted by Crippen LogP contribution is 2.60. The Balaban J connectivity index is 1.80. The van der Waals surface area contributed by atoms with Crippen molar-refractivity contribution in [3.8, 4) is 0 Å². The second-order valence-corrected chi connectivity index (χ2v) is 11.4. The predicted octanol–water partition coefficient (Wildman–Crippen LogP) is 8.19. The maximum absolute atomic E-state index is 14.4. The molecule has 3 rings (SSSR count). The average molecular weight is 481 g/mol. The highest BCUT2D eigenvalue weighted by Gasteiger charge is 2.76. The van der Waals surface area contributed by atoms with Gasteiger partial charge in [0, 0.05) is 6.42 Å². The standard InChI is InChI=1S/C26H38F6O/c1-16(2)7-5-8-17(3)20-12-13-21-18(9-6-14-23(20,21)4)10-11-19-15-24(28,29)26(31,32)25(30,33)22(19)27/h10-11,16-17,20-22,33H,5-9,12-15H2,1-4H3/b18-10+,19-11+/t17-,20-,21+,22?,23-,25-/m1/s1. The van der Waals surface area contributed by atoms with Gasteiger partial charge in [-0.05, 0) is 66.8 Å². The number of fused-ring (bicyclic) bond motifs is 1. The summed E-state index contributed by atoms with van der Waals surface area (Å²) in [7, 11) is 0. The first-order valence-electron chi connectivity index (χ1n) is 12.4. The van der Waals surface area contributed by atoms with Crippen molar-refractivity contribution in [3.05, 3.63) is 23.3 Å². The number of alkyl halides is 6. The first-order valence-corrected chi connectivity index (χ1v) is 12.4. The molecule has 1 nitrogen and oxygen atoms in total. The smallest absolute Gasteiger partial charge is 0.354 e. The summed E-state index contributed by atoms with van der Waals surface area (Å²) >= 11 is 0. The molecule has 0 aromatic heterocycles. The molecule has 0 radical (unpaired) electrons. The molecule has 3 aliphatic rings. The zero-order valence-electron chi connectivity index (χ0n) is 20.1. The van der Waals surface area contributed by atoms with Gasteiger partial charge in [0.1, 0.15) is 0 Å². The fourth-order valence-corrected chi connectivity index (χ4v) is 6.74. The van der Waals surface area contributed by atoms with Crippen LogP contribution in [0.4, 0.5) is 26.3 Å². The minimum Gasteiger partial charge on any atom is -0.354 e. The minimum atomic E-state index is -5.49. The van der Waals surface area contributed by atoms with E-state index in [4.69, 9.17) is 0 Å². The monoisotopic (exact) mass is 480 g/mol. The summed E-state index contributed by atoms with van der Waals surface area (Å²) in [5.41, 5.74) is 0.218. The maximum atomic E-state index is 14.4. The van der Waals surface area contributed by atoms with Crippen LogP contribution in [0.25, 0.3) is 0 Å². The van der Waals surface area contributed by atoms with E-state index in [9.17, 15) is 31.4 Å². The number of hydrogen-bond donors (Lipinski definition) is 1. The molecule has 3 saturated carbocycles. The van der Waals surface area contributed by atoms with E-state index >= 15 is 0 Å². The summed E-state index contributed by atoms with van der Waals surface area (Å²) in [6.07, 6.45) is 6.00. The molecule has 0 aromatic rings. The molecule has 0 spiro atoms. The third-order valence-electron chi connectivity index (χ3n) is 8.66. The summed E-state index contributed by atoms with van der Waals surface area (Å²) in [6.45, 7) is 9.03. The molecule has 0 aliphatic heterocycles. The van der Waals surface area contributed by atoms with Crippen molar-refractivity contribution in [1.29, 1.82) is 0 Å². The zero-order chi connectivity index (χ0) is 24.8. The van der Waals surface area contributed by atoms with E-state index in [2.05, 4.69) is 27.7 Å². The largest absolute Gasteiger partial charge is 0.370 e. The Morgan fingerprint density at radius 3 is 2.27 bits per heavy atom. The van der Waals surface area contributed by atoms with Crippen LogP contribution in [0.3, 0.4) is 0 Å². The third-order valence-corrected chi connectivity index (χ3v) is 8.66. The molecule has 7 heteroatoms. The molecule has 6 atom stereocenters. The topological polar surface area (TPSA) is 20.2 Å². The van der Waals surface area contributed by atoms with Crippen LogP contribution in [0.1, 0.15) is 85.5 Å². The first-order chi connectivity index (χ1) is 15.1. The summed E-state index contributed by atoms with van der Waals surface area (Å²) in [4.78, 5) is 0. The van der Waals surface area contributed by atoms with Gasteiger partial charge in [-0.3, -0.25) is 0 Å². The van der Waals surface area contributed by atoms with Gasteiger partial charge in [-0.15, -0.1) is 0 Å². The number of hydrogen-bond acceptors (Lipinski definition) is 1. The molecule has 3 aliphatic carbocycles. The number of rotatable bonds is 6. The molecule has 0 bridgehead atoms. The van der Waals surface area contributed by atoms with Crippen molar-refractivity contribution in [2.45, 2.75) is 109 Å². The fraction of sp³-hybridized carbons (Fsp3) is 0.846. The van der Waals surface area contributed by atoms with E-state index in [1.807, 2.05) is 0 Å². The van der Waals surface area contributed by atoms with Crippen LogP contribution < -0.4 is 0 Å². The Bertz CT molecular complexity index is 771. The average Bonchev–Trinajstić information content (AvgIpc) is 3.06. The zero-order valence-corrected chi connectivity index (χ0v) is 20.1. The lowest BCUT2D eigenvalue weighted by molar-refractivity contribution is -0.359. The second kappa shape index (κ2) is 9.23. The predicted molar refractivity (Wildman–Crippen MR) is 118 cm³/mol. The van der Waals surface area contributed by atoms with Gasteiger partial charge < -0.3 is 5.11 Å². The molecule has 3 fully saturated rings. The van der Waals surface area contributed by atoms with Gasteiger partial charge in [0.25, 0.3) is 0 Å². The van der Waals surface area contributed by atoms with Gasteiger partial charge >= 0.3 is 17.7 Å². The van der Waals surface area contributed by atoms with Crippen LogP contribution in [0, 0.1) is 29.1 Å². The quantitative estimate of drug-likeness (QED) is 0.380. The lowest BCUT2D eigenvalue weighted by Gasteiger charge is -2.44. The van der Waals surface area contributed by atoms with E-state index in [0.29, 0.717) is 17.8 Å². The van der Waals surface area contributed by atoms with Gasteiger partial charge in [0.05, 0.1) is 0 Å². The molecule has 190 valence electrons. The molecular formula is C26H38F6O. The molecule has 1 unspecified atom stereocenters. The highest BCUT2D eigenvalue weighted by molar-refractivity contribution is 5.31. The van der Waals surface area contributed by atoms with Crippen LogP contribution in [0.15, 0.2) is 23.3 Å². The highest BCUT2D eigenvalue weighted by atomic mass is 19.3. The number of allylic oxidation sites excluding steroid dienone is 3. The van der Waals surface area contributed by atoms with Crippen molar-refractivity contribution in [3.63, 3.8) is 0 Å². The van der Waals surface area contributed by atoms with Gasteiger partial charge in [-0.2, -0.15) is 17.6 Å². The van der Waals surface area contributed by atoms with Crippen molar-refractivity contribution in [1.82, 2.24) is 0 Å². The van der Waals surface area contributed by atoms with Gasteiger partial charge in [-0.1, -0.05) is 64.7 Å². The summed E-state index contributed by atoms with van der Waals surface area (Å²) in [6, 6.07) is 0. The van der Waals surface area contributed by atoms with Crippen molar-refractivity contribution >= 4 is 0 Å². The van der Waals surface area contributed by atoms with E-state index in [-0.39, 0.29) is 11.3 Å². The second-order valence-electron chi connectivity index (χ2n) is 11.4. The van der Waals surface area contributed by atoms with Crippen molar-refractivity contribution < 1.29 is 31.4 Å². The Kier molecular flexibility index (Phi) is 7.45. The Morgan fingerprint density at radius 1 is 1.00 bits per heavy atom. The van der Waals surface area contributed by atoms with Crippen molar-refractivity contribution in [2.75, 3.05) is 0 Å². The van der Waals surface area contributed by atoms with Gasteiger partial charge in [-0.25, -0.2) is 8.78 Å². The Hall–Kier alpha value is -0.980.